The van der Waals surface area contributed by atoms with Crippen LogP contribution in [0, 0.1) is 0 Å². The first-order valence-electron chi connectivity index (χ1n) is 7.93. The molecular weight excluding hydrogens is 288 g/mol. The van der Waals surface area contributed by atoms with Crippen molar-refractivity contribution in [3.8, 4) is 5.69 Å². The summed E-state index contributed by atoms with van der Waals surface area (Å²) in [6.07, 6.45) is 6.99. The number of carbonyl (C=O) groups excluding carboxylic acids is 1. The number of fused-ring (bicyclic) bond motifs is 1. The number of ketones is 1. The van der Waals surface area contributed by atoms with Gasteiger partial charge in [0.15, 0.2) is 5.78 Å². The minimum absolute atomic E-state index is 0.110. The third kappa shape index (κ3) is 2.79. The van der Waals surface area contributed by atoms with Gasteiger partial charge in [0.1, 0.15) is 0 Å². The van der Waals surface area contributed by atoms with E-state index in [4.69, 9.17) is 5.10 Å². The Morgan fingerprint density at radius 2 is 2.09 bits per heavy atom. The summed E-state index contributed by atoms with van der Waals surface area (Å²) >= 11 is 0. The van der Waals surface area contributed by atoms with Crippen molar-refractivity contribution < 1.29 is 4.79 Å². The van der Waals surface area contributed by atoms with Gasteiger partial charge in [0, 0.05) is 32.1 Å². The number of rotatable bonds is 3. The van der Waals surface area contributed by atoms with Crippen LogP contribution in [0.15, 0.2) is 36.3 Å². The highest BCUT2D eigenvalue weighted by atomic mass is 16.1. The lowest BCUT2D eigenvalue weighted by molar-refractivity contribution is 0.102. The molecule has 0 amide bonds. The molecule has 5 heteroatoms. The molecule has 0 fully saturated rings. The lowest BCUT2D eigenvalue weighted by Gasteiger charge is -2.17. The minimum Gasteiger partial charge on any atom is -0.383 e. The summed E-state index contributed by atoms with van der Waals surface area (Å²) in [4.78, 5) is 19.1. The molecule has 0 atom stereocenters. The quantitative estimate of drug-likeness (QED) is 0.818. The standard InChI is InChI=1S/C18H22N4O/c1-12(2)17-16-15(8-7-13(18(16)23)11-21(3)4)20-22(17)14-6-5-9-19-10-14/h5-6,9-12H,7-8H2,1-4H3. The van der Waals surface area contributed by atoms with Gasteiger partial charge in [-0.05, 0) is 30.9 Å². The average molecular weight is 310 g/mol. The lowest BCUT2D eigenvalue weighted by atomic mass is 9.88. The summed E-state index contributed by atoms with van der Waals surface area (Å²) < 4.78 is 1.89. The maximum Gasteiger partial charge on any atom is 0.194 e. The van der Waals surface area contributed by atoms with Crippen molar-refractivity contribution in [3.05, 3.63) is 53.3 Å². The first-order valence-corrected chi connectivity index (χ1v) is 7.93. The summed E-state index contributed by atoms with van der Waals surface area (Å²) in [5.41, 5.74) is 4.41. The third-order valence-corrected chi connectivity index (χ3v) is 3.99. The van der Waals surface area contributed by atoms with Crippen molar-refractivity contribution in [3.63, 3.8) is 0 Å². The number of Topliss-reactive ketones (excluding diaryl/α,β-unsaturated/α-hetero) is 1. The van der Waals surface area contributed by atoms with Crippen LogP contribution in [0.3, 0.4) is 0 Å². The van der Waals surface area contributed by atoms with Crippen molar-refractivity contribution in [2.45, 2.75) is 32.6 Å². The fourth-order valence-electron chi connectivity index (χ4n) is 3.07. The molecule has 120 valence electrons. The van der Waals surface area contributed by atoms with Gasteiger partial charge in [-0.25, -0.2) is 4.68 Å². The van der Waals surface area contributed by atoms with E-state index in [1.165, 1.54) is 0 Å². The molecule has 23 heavy (non-hydrogen) atoms. The van der Waals surface area contributed by atoms with Crippen LogP contribution in [0.1, 0.15) is 47.9 Å². The van der Waals surface area contributed by atoms with Crippen molar-refractivity contribution in [1.29, 1.82) is 0 Å². The molecule has 5 nitrogen and oxygen atoms in total. The number of nitrogens with zero attached hydrogens (tertiary/aromatic N) is 4. The summed E-state index contributed by atoms with van der Waals surface area (Å²) in [5.74, 6) is 0.313. The van der Waals surface area contributed by atoms with Crippen molar-refractivity contribution >= 4 is 5.78 Å². The molecule has 0 radical (unpaired) electrons. The van der Waals surface area contributed by atoms with E-state index in [1.54, 1.807) is 12.4 Å². The van der Waals surface area contributed by atoms with Gasteiger partial charge in [-0.15, -0.1) is 0 Å². The normalized spacial score (nSPS) is 16.0. The van der Waals surface area contributed by atoms with Crippen LogP contribution in [-0.4, -0.2) is 39.5 Å². The second-order valence-corrected chi connectivity index (χ2v) is 6.43. The Bertz CT molecular complexity index is 757. The Morgan fingerprint density at radius 1 is 1.30 bits per heavy atom. The highest BCUT2D eigenvalue weighted by Crippen LogP contribution is 2.32. The minimum atomic E-state index is 0.110. The van der Waals surface area contributed by atoms with E-state index in [2.05, 4.69) is 18.8 Å². The molecule has 3 rings (SSSR count). The molecule has 2 heterocycles. The van der Waals surface area contributed by atoms with E-state index < -0.39 is 0 Å². The summed E-state index contributed by atoms with van der Waals surface area (Å²) in [6, 6.07) is 3.86. The zero-order chi connectivity index (χ0) is 16.6. The molecule has 1 aliphatic carbocycles. The third-order valence-electron chi connectivity index (χ3n) is 3.99. The van der Waals surface area contributed by atoms with Gasteiger partial charge in [-0.1, -0.05) is 13.8 Å². The van der Waals surface area contributed by atoms with Gasteiger partial charge in [0.05, 0.1) is 28.8 Å². The van der Waals surface area contributed by atoms with Crippen LogP contribution in [0.2, 0.25) is 0 Å². The molecular formula is C18H22N4O. The number of carbonyl (C=O) groups is 1. The van der Waals surface area contributed by atoms with Crippen LogP contribution in [0.25, 0.3) is 5.69 Å². The fraction of sp³-hybridized carbons (Fsp3) is 0.389. The Morgan fingerprint density at radius 3 is 2.70 bits per heavy atom. The SMILES string of the molecule is CC(C)c1c2c(nn1-c1cccnc1)CCC(=CN(C)C)C2=O. The zero-order valence-electron chi connectivity index (χ0n) is 14.1. The smallest absolute Gasteiger partial charge is 0.194 e. The molecule has 0 saturated carbocycles. The molecule has 1 aliphatic rings. The van der Waals surface area contributed by atoms with Gasteiger partial charge in [0.25, 0.3) is 0 Å². The van der Waals surface area contributed by atoms with Gasteiger partial charge in [-0.3, -0.25) is 9.78 Å². The molecule has 0 bridgehead atoms. The van der Waals surface area contributed by atoms with E-state index in [0.717, 1.165) is 41.1 Å². The molecule has 0 aromatic carbocycles. The number of hydrogen-bond acceptors (Lipinski definition) is 4. The average Bonchev–Trinajstić information content (AvgIpc) is 2.91. The zero-order valence-corrected chi connectivity index (χ0v) is 14.1. The second-order valence-electron chi connectivity index (χ2n) is 6.43. The number of allylic oxidation sites excluding steroid dienone is 1. The summed E-state index contributed by atoms with van der Waals surface area (Å²) in [5, 5.41) is 4.72. The molecule has 0 saturated heterocycles. The van der Waals surface area contributed by atoms with E-state index in [9.17, 15) is 4.79 Å². The Kier molecular flexibility index (Phi) is 4.03. The number of aryl methyl sites for hydroxylation is 1. The van der Waals surface area contributed by atoms with Crippen LogP contribution in [0.5, 0.6) is 0 Å². The maximum atomic E-state index is 13.0. The molecule has 2 aromatic rings. The van der Waals surface area contributed by atoms with E-state index in [1.807, 2.05) is 42.0 Å². The maximum absolute atomic E-state index is 13.0. The van der Waals surface area contributed by atoms with Crippen LogP contribution in [-0.2, 0) is 6.42 Å². The Hall–Kier alpha value is -2.43. The van der Waals surface area contributed by atoms with Gasteiger partial charge < -0.3 is 4.90 Å². The van der Waals surface area contributed by atoms with Crippen LogP contribution in [0.4, 0.5) is 0 Å². The first kappa shape index (κ1) is 15.5. The number of pyridine rings is 1. The number of hydrogen-bond donors (Lipinski definition) is 0. The fourth-order valence-corrected chi connectivity index (χ4v) is 3.07. The van der Waals surface area contributed by atoms with Crippen molar-refractivity contribution in [1.82, 2.24) is 19.7 Å². The van der Waals surface area contributed by atoms with Gasteiger partial charge in [0.2, 0.25) is 0 Å². The molecule has 0 N–H and O–H groups in total. The molecule has 0 spiro atoms. The van der Waals surface area contributed by atoms with Crippen LogP contribution >= 0.6 is 0 Å². The van der Waals surface area contributed by atoms with E-state index >= 15 is 0 Å². The predicted octanol–water partition coefficient (Wildman–Crippen LogP) is 2.97. The number of aromatic nitrogens is 3. The molecule has 0 aliphatic heterocycles. The van der Waals surface area contributed by atoms with E-state index in [-0.39, 0.29) is 11.7 Å². The first-order chi connectivity index (χ1) is 11.0. The molecule has 0 unspecified atom stereocenters. The van der Waals surface area contributed by atoms with Gasteiger partial charge >= 0.3 is 0 Å². The summed E-state index contributed by atoms with van der Waals surface area (Å²) in [7, 11) is 3.89. The largest absolute Gasteiger partial charge is 0.383 e. The van der Waals surface area contributed by atoms with E-state index in [0.29, 0.717) is 0 Å². The summed E-state index contributed by atoms with van der Waals surface area (Å²) in [6.45, 7) is 4.20. The Balaban J connectivity index is 2.17. The topological polar surface area (TPSA) is 51.0 Å². The molecule has 2 aromatic heterocycles. The highest BCUT2D eigenvalue weighted by Gasteiger charge is 2.31. The highest BCUT2D eigenvalue weighted by molar-refractivity contribution is 6.11. The van der Waals surface area contributed by atoms with Crippen LogP contribution < -0.4 is 0 Å². The van der Waals surface area contributed by atoms with Crippen molar-refractivity contribution in [2.24, 2.45) is 0 Å². The Labute approximate surface area is 136 Å². The van der Waals surface area contributed by atoms with Gasteiger partial charge in [-0.2, -0.15) is 5.10 Å². The monoisotopic (exact) mass is 310 g/mol. The van der Waals surface area contributed by atoms with Crippen molar-refractivity contribution in [2.75, 3.05) is 14.1 Å². The predicted molar refractivity (Wildman–Crippen MR) is 89.9 cm³/mol. The lowest BCUT2D eigenvalue weighted by Crippen LogP contribution is -2.18. The second kappa shape index (κ2) is 5.99.